The standard InChI is InChI=1S/C14H18BrN3OS/c1-9-17-18-13(19-9)20-12-6-5-10(7-11(12)15)8-16-14(2,3)4/h5-7,16H,8H2,1-4H3. The molecule has 2 aromatic rings. The maximum Gasteiger partial charge on any atom is 0.281 e. The molecule has 20 heavy (non-hydrogen) atoms. The molecule has 2 rings (SSSR count). The predicted octanol–water partition coefficient (Wildman–Crippen LogP) is 4.18. The highest BCUT2D eigenvalue weighted by molar-refractivity contribution is 9.10. The lowest BCUT2D eigenvalue weighted by molar-refractivity contribution is 0.424. The van der Waals surface area contributed by atoms with Gasteiger partial charge in [-0.05, 0) is 66.2 Å². The monoisotopic (exact) mass is 355 g/mol. The molecule has 0 amide bonds. The van der Waals surface area contributed by atoms with Crippen LogP contribution < -0.4 is 5.32 Å². The number of rotatable bonds is 4. The molecular weight excluding hydrogens is 338 g/mol. The van der Waals surface area contributed by atoms with Crippen LogP contribution in [-0.2, 0) is 6.54 Å². The van der Waals surface area contributed by atoms with E-state index in [0.717, 1.165) is 15.9 Å². The van der Waals surface area contributed by atoms with E-state index in [2.05, 4.69) is 70.4 Å². The second-order valence-corrected chi connectivity index (χ2v) is 7.40. The molecule has 0 unspecified atom stereocenters. The number of nitrogens with one attached hydrogen (secondary N) is 1. The third-order valence-corrected chi connectivity index (χ3v) is 4.36. The summed E-state index contributed by atoms with van der Waals surface area (Å²) in [5.74, 6) is 0.578. The molecule has 0 saturated carbocycles. The second kappa shape index (κ2) is 6.28. The molecular formula is C14H18BrN3OS. The lowest BCUT2D eigenvalue weighted by Crippen LogP contribution is -2.35. The van der Waals surface area contributed by atoms with Gasteiger partial charge in [-0.1, -0.05) is 6.07 Å². The maximum atomic E-state index is 5.37. The van der Waals surface area contributed by atoms with Gasteiger partial charge in [-0.2, -0.15) is 0 Å². The number of nitrogens with zero attached hydrogens (tertiary/aromatic N) is 2. The molecule has 6 heteroatoms. The van der Waals surface area contributed by atoms with Crippen molar-refractivity contribution in [2.75, 3.05) is 0 Å². The summed E-state index contributed by atoms with van der Waals surface area (Å²) in [6.07, 6.45) is 0. The Morgan fingerprint density at radius 2 is 2.05 bits per heavy atom. The van der Waals surface area contributed by atoms with E-state index in [0.29, 0.717) is 11.1 Å². The summed E-state index contributed by atoms with van der Waals surface area (Å²) in [5.41, 5.74) is 1.35. The number of aromatic nitrogens is 2. The molecule has 0 atom stereocenters. The Bertz CT molecular complexity index is 592. The topological polar surface area (TPSA) is 51.0 Å². The molecule has 1 N–H and O–H groups in total. The lowest BCUT2D eigenvalue weighted by atomic mass is 10.1. The number of hydrogen-bond acceptors (Lipinski definition) is 5. The fraction of sp³-hybridized carbons (Fsp3) is 0.429. The summed E-state index contributed by atoms with van der Waals surface area (Å²) in [5, 5.41) is 11.8. The summed E-state index contributed by atoms with van der Waals surface area (Å²) in [6, 6.07) is 6.29. The van der Waals surface area contributed by atoms with Gasteiger partial charge in [0.05, 0.1) is 0 Å². The third kappa shape index (κ3) is 4.61. The fourth-order valence-corrected chi connectivity index (χ4v) is 2.91. The van der Waals surface area contributed by atoms with Crippen molar-refractivity contribution in [3.63, 3.8) is 0 Å². The highest BCUT2D eigenvalue weighted by atomic mass is 79.9. The van der Waals surface area contributed by atoms with E-state index in [1.54, 1.807) is 6.92 Å². The fourth-order valence-electron chi connectivity index (χ4n) is 1.52. The normalized spacial score (nSPS) is 11.8. The van der Waals surface area contributed by atoms with Gasteiger partial charge in [-0.3, -0.25) is 0 Å². The average molecular weight is 356 g/mol. The van der Waals surface area contributed by atoms with Crippen molar-refractivity contribution in [1.29, 1.82) is 0 Å². The first-order valence-corrected chi connectivity index (χ1v) is 7.96. The number of halogens is 1. The molecule has 0 fully saturated rings. The molecule has 0 aliphatic carbocycles. The van der Waals surface area contributed by atoms with Gasteiger partial charge in [0.25, 0.3) is 5.22 Å². The number of benzene rings is 1. The predicted molar refractivity (Wildman–Crippen MR) is 83.9 cm³/mol. The van der Waals surface area contributed by atoms with Crippen LogP contribution in [0.15, 0.2) is 37.2 Å². The van der Waals surface area contributed by atoms with E-state index in [9.17, 15) is 0 Å². The number of hydrogen-bond donors (Lipinski definition) is 1. The van der Waals surface area contributed by atoms with E-state index in [1.165, 1.54) is 17.3 Å². The van der Waals surface area contributed by atoms with Crippen LogP contribution in [0.1, 0.15) is 32.2 Å². The first-order chi connectivity index (χ1) is 9.33. The van der Waals surface area contributed by atoms with Gasteiger partial charge in [0, 0.05) is 28.4 Å². The molecule has 0 saturated heterocycles. The molecule has 0 radical (unpaired) electrons. The SMILES string of the molecule is Cc1nnc(Sc2ccc(CNC(C)(C)C)cc2Br)o1. The van der Waals surface area contributed by atoms with Gasteiger partial charge in [0.15, 0.2) is 0 Å². The summed E-state index contributed by atoms with van der Waals surface area (Å²) in [4.78, 5) is 1.06. The Morgan fingerprint density at radius 1 is 1.30 bits per heavy atom. The largest absolute Gasteiger partial charge is 0.416 e. The molecule has 1 aromatic carbocycles. The Morgan fingerprint density at radius 3 is 2.60 bits per heavy atom. The van der Waals surface area contributed by atoms with Gasteiger partial charge in [0.2, 0.25) is 5.89 Å². The van der Waals surface area contributed by atoms with Crippen molar-refractivity contribution in [2.24, 2.45) is 0 Å². The highest BCUT2D eigenvalue weighted by Crippen LogP contribution is 2.33. The van der Waals surface area contributed by atoms with Crippen LogP contribution in [0.3, 0.4) is 0 Å². The van der Waals surface area contributed by atoms with Gasteiger partial charge >= 0.3 is 0 Å². The molecule has 0 spiro atoms. The van der Waals surface area contributed by atoms with Crippen molar-refractivity contribution in [3.8, 4) is 0 Å². The molecule has 0 aliphatic rings. The Kier molecular flexibility index (Phi) is 4.88. The minimum Gasteiger partial charge on any atom is -0.416 e. The minimum absolute atomic E-state index is 0.112. The summed E-state index contributed by atoms with van der Waals surface area (Å²) >= 11 is 5.05. The minimum atomic E-state index is 0.112. The van der Waals surface area contributed by atoms with Crippen LogP contribution in [0.5, 0.6) is 0 Å². The van der Waals surface area contributed by atoms with E-state index >= 15 is 0 Å². The molecule has 0 aliphatic heterocycles. The van der Waals surface area contributed by atoms with E-state index in [4.69, 9.17) is 4.42 Å². The van der Waals surface area contributed by atoms with Crippen molar-refractivity contribution in [2.45, 2.75) is 49.9 Å². The van der Waals surface area contributed by atoms with Crippen LogP contribution >= 0.6 is 27.7 Å². The smallest absolute Gasteiger partial charge is 0.281 e. The molecule has 1 aromatic heterocycles. The average Bonchev–Trinajstić information content (AvgIpc) is 2.74. The summed E-state index contributed by atoms with van der Waals surface area (Å²) < 4.78 is 6.41. The molecule has 0 bridgehead atoms. The first kappa shape index (κ1) is 15.5. The Labute approximate surface area is 131 Å². The van der Waals surface area contributed by atoms with Crippen LogP contribution in [-0.4, -0.2) is 15.7 Å². The van der Waals surface area contributed by atoms with Crippen molar-refractivity contribution in [1.82, 2.24) is 15.5 Å². The van der Waals surface area contributed by atoms with Gasteiger partial charge in [-0.15, -0.1) is 10.2 Å². The van der Waals surface area contributed by atoms with Gasteiger partial charge in [0.1, 0.15) is 0 Å². The van der Waals surface area contributed by atoms with Crippen LogP contribution in [0.4, 0.5) is 0 Å². The summed E-state index contributed by atoms with van der Waals surface area (Å²) in [7, 11) is 0. The zero-order chi connectivity index (χ0) is 14.8. The van der Waals surface area contributed by atoms with Gasteiger partial charge < -0.3 is 9.73 Å². The zero-order valence-corrected chi connectivity index (χ0v) is 14.4. The van der Waals surface area contributed by atoms with Crippen LogP contribution in [0.2, 0.25) is 0 Å². The lowest BCUT2D eigenvalue weighted by Gasteiger charge is -2.20. The van der Waals surface area contributed by atoms with E-state index in [1.807, 2.05) is 0 Å². The Hall–Kier alpha value is -0.850. The second-order valence-electron chi connectivity index (χ2n) is 5.56. The quantitative estimate of drug-likeness (QED) is 0.891. The molecule has 108 valence electrons. The Balaban J connectivity index is 2.06. The third-order valence-electron chi connectivity index (χ3n) is 2.52. The van der Waals surface area contributed by atoms with Crippen molar-refractivity contribution < 1.29 is 4.42 Å². The highest BCUT2D eigenvalue weighted by Gasteiger charge is 2.11. The molecule has 4 nitrogen and oxygen atoms in total. The van der Waals surface area contributed by atoms with E-state index in [-0.39, 0.29) is 5.54 Å². The maximum absolute atomic E-state index is 5.37. The van der Waals surface area contributed by atoms with Crippen LogP contribution in [0.25, 0.3) is 0 Å². The summed E-state index contributed by atoms with van der Waals surface area (Å²) in [6.45, 7) is 9.10. The first-order valence-electron chi connectivity index (χ1n) is 6.35. The van der Waals surface area contributed by atoms with Crippen molar-refractivity contribution in [3.05, 3.63) is 34.1 Å². The number of aryl methyl sites for hydroxylation is 1. The van der Waals surface area contributed by atoms with Gasteiger partial charge in [-0.25, -0.2) is 0 Å². The molecule has 1 heterocycles. The van der Waals surface area contributed by atoms with Crippen LogP contribution in [0, 0.1) is 6.92 Å². The zero-order valence-electron chi connectivity index (χ0n) is 12.0. The van der Waals surface area contributed by atoms with Crippen molar-refractivity contribution >= 4 is 27.7 Å². The van der Waals surface area contributed by atoms with E-state index < -0.39 is 0 Å².